The van der Waals surface area contributed by atoms with Crippen LogP contribution in [0.4, 0.5) is 0 Å². The van der Waals surface area contributed by atoms with E-state index < -0.39 is 0 Å². The Hall–Kier alpha value is -7.30. The minimum atomic E-state index is 0.895. The minimum absolute atomic E-state index is 0.895. The molecule has 0 radical (unpaired) electrons. The predicted molar refractivity (Wildman–Crippen MR) is 225 cm³/mol. The van der Waals surface area contributed by atoms with Crippen LogP contribution in [0.1, 0.15) is 0 Å². The SMILES string of the molecule is c1cc(-c2cccc(-n3c4ccccc4c4ccc(-c5cccc(-n6c7ccccc7c7ccccc76)c5)cc43)c2)cc(-c2cccc3nccnc23)c1. The Kier molecular flexibility index (Phi) is 6.82. The van der Waals surface area contributed by atoms with Gasteiger partial charge in [-0.25, -0.2) is 0 Å². The molecule has 0 N–H and O–H groups in total. The van der Waals surface area contributed by atoms with E-state index in [4.69, 9.17) is 0 Å². The maximum Gasteiger partial charge on any atom is 0.0965 e. The first kappa shape index (κ1) is 30.3. The molecule has 252 valence electrons. The van der Waals surface area contributed by atoms with Gasteiger partial charge in [-0.15, -0.1) is 0 Å². The minimum Gasteiger partial charge on any atom is -0.309 e. The molecule has 0 amide bonds. The van der Waals surface area contributed by atoms with Gasteiger partial charge in [0.2, 0.25) is 0 Å². The van der Waals surface area contributed by atoms with Gasteiger partial charge >= 0.3 is 0 Å². The van der Waals surface area contributed by atoms with Gasteiger partial charge in [0.15, 0.2) is 0 Å². The number of aromatic nitrogens is 4. The number of rotatable bonds is 5. The summed E-state index contributed by atoms with van der Waals surface area (Å²) in [6.45, 7) is 0. The summed E-state index contributed by atoms with van der Waals surface area (Å²) < 4.78 is 4.80. The highest BCUT2D eigenvalue weighted by Gasteiger charge is 2.16. The van der Waals surface area contributed by atoms with E-state index in [-0.39, 0.29) is 0 Å². The summed E-state index contributed by atoms with van der Waals surface area (Å²) in [5.41, 5.74) is 15.7. The fraction of sp³-hybridized carbons (Fsp3) is 0. The zero-order chi connectivity index (χ0) is 35.6. The normalized spacial score (nSPS) is 11.7. The summed E-state index contributed by atoms with van der Waals surface area (Å²) in [7, 11) is 0. The van der Waals surface area contributed by atoms with Gasteiger partial charge < -0.3 is 9.13 Å². The summed E-state index contributed by atoms with van der Waals surface area (Å²) in [6.07, 6.45) is 3.51. The standard InChI is InChI=1S/C50H32N4/c1-4-22-46-41(17-1)42-18-2-5-23-47(42)53(46)38-15-9-13-35(31-38)36-25-26-44-43-19-3-6-24-48(43)54(49(44)32-36)39-16-8-12-34(30-39)33-11-7-14-37(29-33)40-20-10-21-45-50(40)52-28-27-51-45/h1-32H. The smallest absolute Gasteiger partial charge is 0.0965 e. The Balaban J connectivity index is 1.05. The van der Waals surface area contributed by atoms with Crippen LogP contribution in [-0.2, 0) is 0 Å². The van der Waals surface area contributed by atoms with Crippen LogP contribution in [-0.4, -0.2) is 19.1 Å². The third-order valence-corrected chi connectivity index (χ3v) is 10.8. The Labute approximate surface area is 311 Å². The van der Waals surface area contributed by atoms with Gasteiger partial charge in [-0.3, -0.25) is 9.97 Å². The largest absolute Gasteiger partial charge is 0.309 e. The van der Waals surface area contributed by atoms with Gasteiger partial charge in [0.05, 0.1) is 33.1 Å². The monoisotopic (exact) mass is 688 g/mol. The van der Waals surface area contributed by atoms with Gasteiger partial charge in [0, 0.05) is 50.9 Å². The van der Waals surface area contributed by atoms with Crippen molar-refractivity contribution in [1.82, 2.24) is 19.1 Å². The third kappa shape index (κ3) is 4.78. The lowest BCUT2D eigenvalue weighted by Crippen LogP contribution is -1.95. The van der Waals surface area contributed by atoms with E-state index in [1.165, 1.54) is 54.7 Å². The van der Waals surface area contributed by atoms with E-state index in [0.29, 0.717) is 0 Å². The zero-order valence-corrected chi connectivity index (χ0v) is 29.3. The molecule has 0 aliphatic carbocycles. The number of hydrogen-bond donors (Lipinski definition) is 0. The molecule has 0 aliphatic rings. The molecule has 0 aliphatic heterocycles. The highest BCUT2D eigenvalue weighted by Crippen LogP contribution is 2.38. The Morgan fingerprint density at radius 1 is 0.315 bits per heavy atom. The average molecular weight is 689 g/mol. The van der Waals surface area contributed by atoms with E-state index in [1.54, 1.807) is 12.4 Å². The molecule has 0 saturated carbocycles. The van der Waals surface area contributed by atoms with Crippen molar-refractivity contribution in [2.24, 2.45) is 0 Å². The fourth-order valence-corrected chi connectivity index (χ4v) is 8.37. The molecule has 8 aromatic carbocycles. The molecule has 3 aromatic heterocycles. The second-order valence-electron chi connectivity index (χ2n) is 13.9. The second-order valence-corrected chi connectivity index (χ2v) is 13.9. The van der Waals surface area contributed by atoms with Crippen LogP contribution in [0, 0.1) is 0 Å². The molecule has 4 heteroatoms. The van der Waals surface area contributed by atoms with Crippen LogP contribution in [0.2, 0.25) is 0 Å². The molecule has 0 spiro atoms. The summed E-state index contributed by atoms with van der Waals surface area (Å²) in [4.78, 5) is 9.20. The Morgan fingerprint density at radius 2 is 0.796 bits per heavy atom. The van der Waals surface area contributed by atoms with Crippen molar-refractivity contribution >= 4 is 54.6 Å². The zero-order valence-electron chi connectivity index (χ0n) is 29.3. The number of hydrogen-bond acceptors (Lipinski definition) is 2. The number of nitrogens with zero attached hydrogens (tertiary/aromatic N) is 4. The summed E-state index contributed by atoms with van der Waals surface area (Å²) in [5, 5.41) is 5.00. The first-order valence-corrected chi connectivity index (χ1v) is 18.3. The van der Waals surface area contributed by atoms with E-state index >= 15 is 0 Å². The number of fused-ring (bicyclic) bond motifs is 7. The highest BCUT2D eigenvalue weighted by atomic mass is 15.0. The van der Waals surface area contributed by atoms with Crippen molar-refractivity contribution < 1.29 is 0 Å². The lowest BCUT2D eigenvalue weighted by atomic mass is 9.98. The van der Waals surface area contributed by atoms with E-state index in [0.717, 1.165) is 44.7 Å². The predicted octanol–water partition coefficient (Wildman–Crippen LogP) is 12.8. The van der Waals surface area contributed by atoms with Crippen molar-refractivity contribution in [3.63, 3.8) is 0 Å². The molecule has 54 heavy (non-hydrogen) atoms. The summed E-state index contributed by atoms with van der Waals surface area (Å²) in [5.74, 6) is 0. The highest BCUT2D eigenvalue weighted by molar-refractivity contribution is 6.11. The van der Waals surface area contributed by atoms with Gasteiger partial charge in [0.25, 0.3) is 0 Å². The molecule has 11 aromatic rings. The number of para-hydroxylation sites is 4. The second kappa shape index (κ2) is 12.1. The third-order valence-electron chi connectivity index (χ3n) is 10.8. The van der Waals surface area contributed by atoms with Crippen LogP contribution in [0.15, 0.2) is 194 Å². The molecule has 0 fully saturated rings. The summed E-state index contributed by atoms with van der Waals surface area (Å²) in [6, 6.07) is 65.8. The van der Waals surface area contributed by atoms with E-state index in [2.05, 4.69) is 195 Å². The maximum atomic E-state index is 4.67. The van der Waals surface area contributed by atoms with Crippen LogP contribution < -0.4 is 0 Å². The summed E-state index contributed by atoms with van der Waals surface area (Å²) >= 11 is 0. The molecular formula is C50H32N4. The first-order chi connectivity index (χ1) is 26.8. The topological polar surface area (TPSA) is 35.6 Å². The lowest BCUT2D eigenvalue weighted by Gasteiger charge is -2.13. The van der Waals surface area contributed by atoms with Crippen LogP contribution in [0.5, 0.6) is 0 Å². The molecule has 11 rings (SSSR count). The Morgan fingerprint density at radius 3 is 1.44 bits per heavy atom. The quantitative estimate of drug-likeness (QED) is 0.180. The van der Waals surface area contributed by atoms with Crippen molar-refractivity contribution in [1.29, 1.82) is 0 Å². The maximum absolute atomic E-state index is 4.67. The van der Waals surface area contributed by atoms with E-state index in [1.807, 2.05) is 6.07 Å². The van der Waals surface area contributed by atoms with Crippen molar-refractivity contribution in [2.75, 3.05) is 0 Å². The molecule has 3 heterocycles. The van der Waals surface area contributed by atoms with E-state index in [9.17, 15) is 0 Å². The molecule has 0 saturated heterocycles. The van der Waals surface area contributed by atoms with Gasteiger partial charge in [-0.1, -0.05) is 121 Å². The van der Waals surface area contributed by atoms with Gasteiger partial charge in [-0.2, -0.15) is 0 Å². The van der Waals surface area contributed by atoms with Crippen LogP contribution >= 0.6 is 0 Å². The lowest BCUT2D eigenvalue weighted by molar-refractivity contribution is 1.18. The Bertz CT molecular complexity index is 3180. The van der Waals surface area contributed by atoms with Crippen molar-refractivity contribution in [3.8, 4) is 44.8 Å². The first-order valence-electron chi connectivity index (χ1n) is 18.3. The fourth-order valence-electron chi connectivity index (χ4n) is 8.37. The van der Waals surface area contributed by atoms with Crippen LogP contribution in [0.25, 0.3) is 99.4 Å². The number of benzene rings is 8. The van der Waals surface area contributed by atoms with Crippen LogP contribution in [0.3, 0.4) is 0 Å². The molecule has 0 unspecified atom stereocenters. The average Bonchev–Trinajstić information content (AvgIpc) is 3.76. The molecule has 0 atom stereocenters. The van der Waals surface area contributed by atoms with Gasteiger partial charge in [-0.05, 0) is 88.5 Å². The molecular weight excluding hydrogens is 657 g/mol. The molecule has 4 nitrogen and oxygen atoms in total. The van der Waals surface area contributed by atoms with Gasteiger partial charge in [0.1, 0.15) is 0 Å². The van der Waals surface area contributed by atoms with Crippen molar-refractivity contribution in [2.45, 2.75) is 0 Å². The van der Waals surface area contributed by atoms with Crippen molar-refractivity contribution in [3.05, 3.63) is 194 Å². The molecule has 0 bridgehead atoms.